The quantitative estimate of drug-likeness (QED) is 0.854. The van der Waals surface area contributed by atoms with Gasteiger partial charge in [-0.3, -0.25) is 0 Å². The van der Waals surface area contributed by atoms with Gasteiger partial charge in [0.25, 0.3) is 0 Å². The van der Waals surface area contributed by atoms with Crippen LogP contribution < -0.4 is 5.32 Å². The largest absolute Gasteiger partial charge is 0.316 e. The molecule has 0 radical (unpaired) electrons. The summed E-state index contributed by atoms with van der Waals surface area (Å²) in [5.74, 6) is 2.15. The van der Waals surface area contributed by atoms with E-state index in [4.69, 9.17) is 11.6 Å². The van der Waals surface area contributed by atoms with Crippen molar-refractivity contribution >= 4 is 11.6 Å². The number of rotatable bonds is 3. The van der Waals surface area contributed by atoms with Crippen LogP contribution in [0.2, 0.25) is 5.02 Å². The van der Waals surface area contributed by atoms with Crippen LogP contribution in [0.5, 0.6) is 0 Å². The Morgan fingerprint density at radius 3 is 2.53 bits per heavy atom. The van der Waals surface area contributed by atoms with Gasteiger partial charge in [-0.2, -0.15) is 0 Å². The lowest BCUT2D eigenvalue weighted by Crippen LogP contribution is -2.34. The van der Waals surface area contributed by atoms with Crippen molar-refractivity contribution in [2.24, 2.45) is 11.8 Å². The van der Waals surface area contributed by atoms with Gasteiger partial charge in [-0.05, 0) is 61.4 Å². The molecule has 94 valence electrons. The zero-order valence-electron chi connectivity index (χ0n) is 10.7. The Morgan fingerprint density at radius 2 is 1.94 bits per heavy atom. The summed E-state index contributed by atoms with van der Waals surface area (Å²) in [6.07, 6.45) is 2.69. The zero-order chi connectivity index (χ0) is 12.3. The molecule has 1 aliphatic rings. The van der Waals surface area contributed by atoms with Gasteiger partial charge in [0.15, 0.2) is 0 Å². The SMILES string of the molecule is CC(c1ccc(Cl)cc1)C(C)C1CCCNC1. The highest BCUT2D eigenvalue weighted by atomic mass is 35.5. The van der Waals surface area contributed by atoms with E-state index in [1.807, 2.05) is 12.1 Å². The molecule has 2 heteroatoms. The molecule has 0 amide bonds. The van der Waals surface area contributed by atoms with Crippen molar-refractivity contribution in [2.45, 2.75) is 32.6 Å². The minimum Gasteiger partial charge on any atom is -0.316 e. The number of nitrogens with one attached hydrogen (secondary N) is 1. The van der Waals surface area contributed by atoms with Crippen molar-refractivity contribution in [3.8, 4) is 0 Å². The van der Waals surface area contributed by atoms with Crippen molar-refractivity contribution in [1.29, 1.82) is 0 Å². The van der Waals surface area contributed by atoms with Gasteiger partial charge in [-0.15, -0.1) is 0 Å². The molecule has 0 bridgehead atoms. The summed E-state index contributed by atoms with van der Waals surface area (Å²) in [6, 6.07) is 8.33. The van der Waals surface area contributed by atoms with Crippen LogP contribution >= 0.6 is 11.6 Å². The summed E-state index contributed by atoms with van der Waals surface area (Å²) < 4.78 is 0. The van der Waals surface area contributed by atoms with Crippen LogP contribution in [0.15, 0.2) is 24.3 Å². The van der Waals surface area contributed by atoms with Crippen LogP contribution in [0.3, 0.4) is 0 Å². The van der Waals surface area contributed by atoms with Gasteiger partial charge in [0.2, 0.25) is 0 Å². The summed E-state index contributed by atoms with van der Waals surface area (Å²) in [5.41, 5.74) is 1.41. The number of piperidine rings is 1. The fraction of sp³-hybridized carbons (Fsp3) is 0.600. The van der Waals surface area contributed by atoms with Gasteiger partial charge in [0, 0.05) is 5.02 Å². The molecule has 0 spiro atoms. The standard InChI is InChI=1S/C15H22ClN/c1-11(13-5-7-15(16)8-6-13)12(2)14-4-3-9-17-10-14/h5-8,11-12,14,17H,3-4,9-10H2,1-2H3. The molecule has 0 saturated carbocycles. The Morgan fingerprint density at radius 1 is 1.24 bits per heavy atom. The van der Waals surface area contributed by atoms with Gasteiger partial charge >= 0.3 is 0 Å². The highest BCUT2D eigenvalue weighted by Gasteiger charge is 2.25. The summed E-state index contributed by atoms with van der Waals surface area (Å²) in [7, 11) is 0. The fourth-order valence-corrected chi connectivity index (χ4v) is 2.93. The predicted octanol–water partition coefficient (Wildman–Crippen LogP) is 4.08. The summed E-state index contributed by atoms with van der Waals surface area (Å²) >= 11 is 5.93. The van der Waals surface area contributed by atoms with Crippen LogP contribution in [0.1, 0.15) is 38.2 Å². The average molecular weight is 252 g/mol. The number of hydrogen-bond acceptors (Lipinski definition) is 1. The van der Waals surface area contributed by atoms with Crippen molar-refractivity contribution < 1.29 is 0 Å². The first kappa shape index (κ1) is 12.9. The summed E-state index contributed by atoms with van der Waals surface area (Å²) in [4.78, 5) is 0. The molecule has 1 saturated heterocycles. The van der Waals surface area contributed by atoms with Crippen LogP contribution in [0, 0.1) is 11.8 Å². The number of halogens is 1. The molecule has 3 unspecified atom stereocenters. The zero-order valence-corrected chi connectivity index (χ0v) is 11.5. The molecule has 2 rings (SSSR count). The molecule has 1 fully saturated rings. The third kappa shape index (κ3) is 3.23. The van der Waals surface area contributed by atoms with Crippen LogP contribution in [-0.4, -0.2) is 13.1 Å². The Kier molecular flexibility index (Phi) is 4.47. The lowest BCUT2D eigenvalue weighted by atomic mass is 9.77. The smallest absolute Gasteiger partial charge is 0.0406 e. The normalized spacial score (nSPS) is 24.3. The van der Waals surface area contributed by atoms with E-state index < -0.39 is 0 Å². The van der Waals surface area contributed by atoms with Gasteiger partial charge in [0.05, 0.1) is 0 Å². The molecule has 3 atom stereocenters. The first-order valence-corrected chi connectivity index (χ1v) is 7.02. The van der Waals surface area contributed by atoms with Crippen molar-refractivity contribution in [2.75, 3.05) is 13.1 Å². The molecule has 1 aromatic carbocycles. The van der Waals surface area contributed by atoms with E-state index in [1.54, 1.807) is 0 Å². The van der Waals surface area contributed by atoms with Gasteiger partial charge in [0.1, 0.15) is 0 Å². The minimum atomic E-state index is 0.608. The maximum atomic E-state index is 5.93. The lowest BCUT2D eigenvalue weighted by Gasteiger charge is -2.32. The van der Waals surface area contributed by atoms with Gasteiger partial charge in [-0.25, -0.2) is 0 Å². The molecular weight excluding hydrogens is 230 g/mol. The Hall–Kier alpha value is -0.530. The van der Waals surface area contributed by atoms with Crippen LogP contribution in [0.25, 0.3) is 0 Å². The highest BCUT2D eigenvalue weighted by Crippen LogP contribution is 2.33. The Labute approximate surface area is 110 Å². The predicted molar refractivity (Wildman–Crippen MR) is 74.6 cm³/mol. The highest BCUT2D eigenvalue weighted by molar-refractivity contribution is 6.30. The van der Waals surface area contributed by atoms with Crippen molar-refractivity contribution in [1.82, 2.24) is 5.32 Å². The molecular formula is C15H22ClN. The number of hydrogen-bond donors (Lipinski definition) is 1. The van der Waals surface area contributed by atoms with Crippen molar-refractivity contribution in [3.05, 3.63) is 34.9 Å². The number of benzene rings is 1. The second-order valence-electron chi connectivity index (χ2n) is 5.31. The van der Waals surface area contributed by atoms with E-state index in [0.29, 0.717) is 5.92 Å². The molecule has 0 aromatic heterocycles. The minimum absolute atomic E-state index is 0.608. The van der Waals surface area contributed by atoms with Crippen LogP contribution in [-0.2, 0) is 0 Å². The monoisotopic (exact) mass is 251 g/mol. The van der Waals surface area contributed by atoms with E-state index in [-0.39, 0.29) is 0 Å². The average Bonchev–Trinajstić information content (AvgIpc) is 2.39. The topological polar surface area (TPSA) is 12.0 Å². The third-order valence-electron chi connectivity index (χ3n) is 4.26. The van der Waals surface area contributed by atoms with E-state index >= 15 is 0 Å². The van der Waals surface area contributed by atoms with Gasteiger partial charge < -0.3 is 5.32 Å². The first-order valence-electron chi connectivity index (χ1n) is 6.64. The van der Waals surface area contributed by atoms with E-state index in [2.05, 4.69) is 31.3 Å². The van der Waals surface area contributed by atoms with Crippen LogP contribution in [0.4, 0.5) is 0 Å². The molecule has 1 aliphatic heterocycles. The van der Waals surface area contributed by atoms with Gasteiger partial charge in [-0.1, -0.05) is 37.6 Å². The first-order chi connectivity index (χ1) is 8.18. The molecule has 1 heterocycles. The van der Waals surface area contributed by atoms with E-state index in [9.17, 15) is 0 Å². The van der Waals surface area contributed by atoms with Crippen molar-refractivity contribution in [3.63, 3.8) is 0 Å². The summed E-state index contributed by atoms with van der Waals surface area (Å²) in [5, 5.41) is 4.34. The van der Waals surface area contributed by atoms with E-state index in [1.165, 1.54) is 31.5 Å². The Bertz CT molecular complexity index is 340. The maximum absolute atomic E-state index is 5.93. The molecule has 1 N–H and O–H groups in total. The third-order valence-corrected chi connectivity index (χ3v) is 4.52. The second kappa shape index (κ2) is 5.88. The molecule has 0 aliphatic carbocycles. The molecule has 17 heavy (non-hydrogen) atoms. The summed E-state index contributed by atoms with van der Waals surface area (Å²) in [6.45, 7) is 7.09. The molecule has 1 aromatic rings. The second-order valence-corrected chi connectivity index (χ2v) is 5.74. The lowest BCUT2D eigenvalue weighted by molar-refractivity contribution is 0.253. The van der Waals surface area contributed by atoms with E-state index in [0.717, 1.165) is 16.9 Å². The molecule has 1 nitrogen and oxygen atoms in total. The Balaban J connectivity index is 2.02. The fourth-order valence-electron chi connectivity index (χ4n) is 2.81. The maximum Gasteiger partial charge on any atom is 0.0406 e.